The molecule has 0 bridgehead atoms. The van der Waals surface area contributed by atoms with Crippen LogP contribution in [0, 0.1) is 0 Å². The van der Waals surface area contributed by atoms with Gasteiger partial charge in [-0.3, -0.25) is 9.59 Å². The molecule has 1 aromatic carbocycles. The summed E-state index contributed by atoms with van der Waals surface area (Å²) < 4.78 is 0. The highest BCUT2D eigenvalue weighted by Crippen LogP contribution is 2.25. The van der Waals surface area contributed by atoms with Crippen LogP contribution in [0.25, 0.3) is 0 Å². The Morgan fingerprint density at radius 1 is 1.33 bits per heavy atom. The minimum atomic E-state index is -0.430. The van der Waals surface area contributed by atoms with E-state index in [0.717, 1.165) is 13.0 Å². The van der Waals surface area contributed by atoms with Gasteiger partial charge in [-0.05, 0) is 44.5 Å². The normalized spacial score (nSPS) is 18.5. The summed E-state index contributed by atoms with van der Waals surface area (Å²) in [4.78, 5) is 26.8. The number of likely N-dealkylation sites (tertiary alicyclic amines) is 1. The minimum Gasteiger partial charge on any atom is -0.353 e. The van der Waals surface area contributed by atoms with Crippen molar-refractivity contribution in [2.45, 2.75) is 38.8 Å². The molecule has 0 radical (unpaired) electrons. The zero-order valence-corrected chi connectivity index (χ0v) is 15.5. The van der Waals surface area contributed by atoms with Crippen LogP contribution in [0.15, 0.2) is 18.2 Å². The number of amides is 2. The van der Waals surface area contributed by atoms with Gasteiger partial charge in [0.15, 0.2) is 0 Å². The molecular weight excluding hydrogens is 349 g/mol. The number of hydrogen-bond donors (Lipinski definition) is 2. The number of halogens is 2. The van der Waals surface area contributed by atoms with Gasteiger partial charge in [-0.1, -0.05) is 30.1 Å². The summed E-state index contributed by atoms with van der Waals surface area (Å²) in [5, 5.41) is 6.90. The van der Waals surface area contributed by atoms with Crippen molar-refractivity contribution in [2.24, 2.45) is 0 Å². The minimum absolute atomic E-state index is 0.106. The zero-order chi connectivity index (χ0) is 17.7. The molecule has 0 aromatic heterocycles. The summed E-state index contributed by atoms with van der Waals surface area (Å²) in [5.74, 6) is -0.295. The molecule has 1 heterocycles. The van der Waals surface area contributed by atoms with E-state index in [1.807, 2.05) is 13.8 Å². The Kier molecular flexibility index (Phi) is 6.90. The second kappa shape index (κ2) is 8.70. The number of carbonyl (C=O) groups excluding carboxylic acids is 2. The molecular formula is C17H23Cl2N3O2. The quantitative estimate of drug-likeness (QED) is 0.807. The Balaban J connectivity index is 2.02. The SMILES string of the molecule is CCN[C@H](C)CNC(=O)C1CCCN1C(=O)c1ccc(Cl)c(Cl)c1. The number of rotatable bonds is 6. The number of likely N-dealkylation sites (N-methyl/N-ethyl adjacent to an activating group) is 1. The highest BCUT2D eigenvalue weighted by Gasteiger charge is 2.34. The molecule has 2 rings (SSSR count). The Bertz CT molecular complexity index is 609. The van der Waals surface area contributed by atoms with E-state index < -0.39 is 6.04 Å². The molecule has 0 aliphatic carbocycles. The summed E-state index contributed by atoms with van der Waals surface area (Å²) in [5.41, 5.74) is 0.449. The fraction of sp³-hybridized carbons (Fsp3) is 0.529. The first-order valence-electron chi connectivity index (χ1n) is 8.21. The lowest BCUT2D eigenvalue weighted by Crippen LogP contribution is -2.48. The van der Waals surface area contributed by atoms with Crippen LogP contribution >= 0.6 is 23.2 Å². The van der Waals surface area contributed by atoms with Gasteiger partial charge in [-0.25, -0.2) is 0 Å². The van der Waals surface area contributed by atoms with Crippen LogP contribution in [-0.4, -0.2) is 48.4 Å². The van der Waals surface area contributed by atoms with E-state index in [0.29, 0.717) is 35.1 Å². The highest BCUT2D eigenvalue weighted by atomic mass is 35.5. The summed E-state index contributed by atoms with van der Waals surface area (Å²) >= 11 is 11.9. The van der Waals surface area contributed by atoms with Crippen molar-refractivity contribution in [1.29, 1.82) is 0 Å². The van der Waals surface area contributed by atoms with Gasteiger partial charge in [0.1, 0.15) is 6.04 Å². The molecule has 1 fully saturated rings. The topological polar surface area (TPSA) is 61.4 Å². The van der Waals surface area contributed by atoms with Gasteiger partial charge in [-0.2, -0.15) is 0 Å². The number of carbonyl (C=O) groups is 2. The van der Waals surface area contributed by atoms with Gasteiger partial charge in [-0.15, -0.1) is 0 Å². The van der Waals surface area contributed by atoms with Crippen LogP contribution in [0.2, 0.25) is 10.0 Å². The summed E-state index contributed by atoms with van der Waals surface area (Å²) in [6.07, 6.45) is 1.49. The second-order valence-corrected chi connectivity index (χ2v) is 6.80. The van der Waals surface area contributed by atoms with Crippen LogP contribution in [0.5, 0.6) is 0 Å². The summed E-state index contributed by atoms with van der Waals surface area (Å²) in [6.45, 7) is 5.99. The summed E-state index contributed by atoms with van der Waals surface area (Å²) in [7, 11) is 0. The van der Waals surface area contributed by atoms with Crippen LogP contribution in [0.3, 0.4) is 0 Å². The molecule has 5 nitrogen and oxygen atoms in total. The van der Waals surface area contributed by atoms with E-state index >= 15 is 0 Å². The first-order chi connectivity index (χ1) is 11.4. The summed E-state index contributed by atoms with van der Waals surface area (Å²) in [6, 6.07) is 4.55. The van der Waals surface area contributed by atoms with Crippen LogP contribution < -0.4 is 10.6 Å². The molecule has 1 aliphatic rings. The van der Waals surface area contributed by atoms with Crippen LogP contribution in [-0.2, 0) is 4.79 Å². The Morgan fingerprint density at radius 2 is 2.08 bits per heavy atom. The lowest BCUT2D eigenvalue weighted by atomic mass is 10.1. The maximum Gasteiger partial charge on any atom is 0.254 e. The van der Waals surface area contributed by atoms with E-state index in [9.17, 15) is 9.59 Å². The van der Waals surface area contributed by atoms with Gasteiger partial charge in [0.2, 0.25) is 5.91 Å². The van der Waals surface area contributed by atoms with E-state index in [-0.39, 0.29) is 17.9 Å². The third kappa shape index (κ3) is 4.62. The van der Waals surface area contributed by atoms with Crippen molar-refractivity contribution in [1.82, 2.24) is 15.5 Å². The average molecular weight is 372 g/mol. The molecule has 0 saturated carbocycles. The third-order valence-electron chi connectivity index (χ3n) is 4.12. The van der Waals surface area contributed by atoms with Gasteiger partial charge >= 0.3 is 0 Å². The maximum absolute atomic E-state index is 12.7. The number of nitrogens with zero attached hydrogens (tertiary/aromatic N) is 1. The fourth-order valence-corrected chi connectivity index (χ4v) is 3.17. The molecule has 132 valence electrons. The van der Waals surface area contributed by atoms with E-state index in [2.05, 4.69) is 10.6 Å². The van der Waals surface area contributed by atoms with Crippen molar-refractivity contribution < 1.29 is 9.59 Å². The highest BCUT2D eigenvalue weighted by molar-refractivity contribution is 6.42. The Labute approximate surface area is 152 Å². The Morgan fingerprint density at radius 3 is 2.75 bits per heavy atom. The Hall–Kier alpha value is -1.30. The van der Waals surface area contributed by atoms with Crippen molar-refractivity contribution in [3.8, 4) is 0 Å². The first-order valence-corrected chi connectivity index (χ1v) is 8.96. The predicted octanol–water partition coefficient (Wildman–Crippen LogP) is 2.71. The van der Waals surface area contributed by atoms with Crippen molar-refractivity contribution in [3.63, 3.8) is 0 Å². The van der Waals surface area contributed by atoms with Crippen molar-refractivity contribution in [3.05, 3.63) is 33.8 Å². The lowest BCUT2D eigenvalue weighted by Gasteiger charge is -2.25. The molecule has 0 spiro atoms. The number of nitrogens with one attached hydrogen (secondary N) is 2. The van der Waals surface area contributed by atoms with E-state index in [1.54, 1.807) is 23.1 Å². The zero-order valence-electron chi connectivity index (χ0n) is 13.9. The molecule has 7 heteroatoms. The van der Waals surface area contributed by atoms with Gasteiger partial charge in [0.25, 0.3) is 5.91 Å². The van der Waals surface area contributed by atoms with Crippen molar-refractivity contribution in [2.75, 3.05) is 19.6 Å². The number of benzene rings is 1. The smallest absolute Gasteiger partial charge is 0.254 e. The molecule has 1 aromatic rings. The van der Waals surface area contributed by atoms with Crippen molar-refractivity contribution >= 4 is 35.0 Å². The van der Waals surface area contributed by atoms with Gasteiger partial charge in [0.05, 0.1) is 10.0 Å². The number of hydrogen-bond acceptors (Lipinski definition) is 3. The van der Waals surface area contributed by atoms with Gasteiger partial charge < -0.3 is 15.5 Å². The molecule has 1 aliphatic heterocycles. The fourth-order valence-electron chi connectivity index (χ4n) is 2.87. The standard InChI is InChI=1S/C17H23Cl2N3O2/c1-3-20-11(2)10-21-16(23)15-5-4-8-22(15)17(24)12-6-7-13(18)14(19)9-12/h6-7,9,11,15,20H,3-5,8,10H2,1-2H3,(H,21,23)/t11-,15?/m1/s1. The predicted molar refractivity (Wildman–Crippen MR) is 96.7 cm³/mol. The van der Waals surface area contributed by atoms with Crippen LogP contribution in [0.1, 0.15) is 37.0 Å². The van der Waals surface area contributed by atoms with E-state index in [1.165, 1.54) is 0 Å². The molecule has 1 unspecified atom stereocenters. The van der Waals surface area contributed by atoms with Gasteiger partial charge in [0, 0.05) is 24.7 Å². The maximum atomic E-state index is 12.7. The average Bonchev–Trinajstić information content (AvgIpc) is 3.04. The van der Waals surface area contributed by atoms with Crippen LogP contribution in [0.4, 0.5) is 0 Å². The van der Waals surface area contributed by atoms with E-state index in [4.69, 9.17) is 23.2 Å². The largest absolute Gasteiger partial charge is 0.353 e. The monoisotopic (exact) mass is 371 g/mol. The lowest BCUT2D eigenvalue weighted by molar-refractivity contribution is -0.124. The molecule has 2 N–H and O–H groups in total. The molecule has 2 amide bonds. The molecule has 2 atom stereocenters. The molecule has 1 saturated heterocycles. The molecule has 24 heavy (non-hydrogen) atoms. The second-order valence-electron chi connectivity index (χ2n) is 5.99. The first kappa shape index (κ1) is 19.0. The third-order valence-corrected chi connectivity index (χ3v) is 4.86.